The van der Waals surface area contributed by atoms with Gasteiger partial charge in [0.15, 0.2) is 0 Å². The third kappa shape index (κ3) is 3.35. The van der Waals surface area contributed by atoms with E-state index < -0.39 is 0 Å². The topological polar surface area (TPSA) is 60.7 Å². The molecule has 1 aliphatic carbocycles. The second-order valence-corrected chi connectivity index (χ2v) is 8.57. The Labute approximate surface area is 172 Å². The summed E-state index contributed by atoms with van der Waals surface area (Å²) >= 11 is 0. The third-order valence-corrected chi connectivity index (χ3v) is 6.71. The van der Waals surface area contributed by atoms with Crippen LogP contribution in [0.15, 0.2) is 54.6 Å². The zero-order chi connectivity index (χ0) is 20.8. The van der Waals surface area contributed by atoms with Crippen molar-refractivity contribution in [3.63, 3.8) is 0 Å². The molecule has 3 nitrogen and oxygen atoms in total. The van der Waals surface area contributed by atoms with Crippen LogP contribution in [0.25, 0.3) is 0 Å². The summed E-state index contributed by atoms with van der Waals surface area (Å²) < 4.78 is 0. The monoisotopic (exact) mass is 388 g/mol. The molecule has 0 bridgehead atoms. The summed E-state index contributed by atoms with van der Waals surface area (Å²) in [5, 5.41) is 30.0. The molecule has 1 unspecified atom stereocenters. The van der Waals surface area contributed by atoms with Crippen molar-refractivity contribution in [3.05, 3.63) is 88.0 Å². The van der Waals surface area contributed by atoms with Gasteiger partial charge in [-0.05, 0) is 97.5 Å². The molecule has 1 fully saturated rings. The Morgan fingerprint density at radius 1 is 0.690 bits per heavy atom. The molecular formula is C26H28O3. The molecule has 150 valence electrons. The van der Waals surface area contributed by atoms with Crippen molar-refractivity contribution in [2.75, 3.05) is 0 Å². The molecular weight excluding hydrogens is 360 g/mol. The summed E-state index contributed by atoms with van der Waals surface area (Å²) in [7, 11) is 0. The summed E-state index contributed by atoms with van der Waals surface area (Å²) in [5.74, 6) is 1.35. The predicted molar refractivity (Wildman–Crippen MR) is 116 cm³/mol. The maximum absolute atomic E-state index is 10.1. The zero-order valence-corrected chi connectivity index (χ0v) is 17.2. The number of aromatic hydroxyl groups is 3. The van der Waals surface area contributed by atoms with E-state index in [4.69, 9.17) is 0 Å². The van der Waals surface area contributed by atoms with Gasteiger partial charge in [-0.1, -0.05) is 36.4 Å². The van der Waals surface area contributed by atoms with Crippen LogP contribution in [-0.4, -0.2) is 15.3 Å². The summed E-state index contributed by atoms with van der Waals surface area (Å²) in [6, 6.07) is 17.8. The van der Waals surface area contributed by atoms with E-state index in [1.54, 1.807) is 18.2 Å². The number of aryl methyl sites for hydroxylation is 3. The molecule has 3 aromatic rings. The quantitative estimate of drug-likeness (QED) is 0.517. The van der Waals surface area contributed by atoms with Crippen LogP contribution in [0.2, 0.25) is 0 Å². The lowest BCUT2D eigenvalue weighted by atomic mass is 9.71. The molecule has 0 saturated heterocycles. The van der Waals surface area contributed by atoms with E-state index in [2.05, 4.69) is 18.2 Å². The predicted octanol–water partition coefficient (Wildman–Crippen LogP) is 5.98. The highest BCUT2D eigenvalue weighted by atomic mass is 16.3. The van der Waals surface area contributed by atoms with Gasteiger partial charge in [0.25, 0.3) is 0 Å². The molecule has 1 atom stereocenters. The van der Waals surface area contributed by atoms with Crippen molar-refractivity contribution in [2.24, 2.45) is 0 Å². The second kappa shape index (κ2) is 7.14. The standard InChI is InChI=1S/C26H28O3/c1-16-12-19(4-7-23(16)27)20-10-11-26(15-20,21-5-8-24(28)17(2)13-21)22-6-9-25(29)18(3)14-22/h4-9,12-14,20,27-29H,10-11,15H2,1-3H3. The number of rotatable bonds is 3. The van der Waals surface area contributed by atoms with E-state index in [1.807, 2.05) is 39.0 Å². The molecule has 0 radical (unpaired) electrons. The summed E-state index contributed by atoms with van der Waals surface area (Å²) in [5.41, 5.74) is 6.15. The Bertz CT molecular complexity index is 1020. The van der Waals surface area contributed by atoms with Crippen molar-refractivity contribution < 1.29 is 15.3 Å². The van der Waals surface area contributed by atoms with Gasteiger partial charge in [-0.2, -0.15) is 0 Å². The molecule has 3 heteroatoms. The van der Waals surface area contributed by atoms with Crippen LogP contribution in [0.3, 0.4) is 0 Å². The van der Waals surface area contributed by atoms with Gasteiger partial charge in [0, 0.05) is 5.41 Å². The van der Waals surface area contributed by atoms with Crippen LogP contribution in [-0.2, 0) is 5.41 Å². The number of phenols is 3. The fourth-order valence-electron chi connectivity index (χ4n) is 4.86. The second-order valence-electron chi connectivity index (χ2n) is 8.57. The van der Waals surface area contributed by atoms with Crippen molar-refractivity contribution in [3.8, 4) is 17.2 Å². The molecule has 29 heavy (non-hydrogen) atoms. The number of hydrogen-bond donors (Lipinski definition) is 3. The zero-order valence-electron chi connectivity index (χ0n) is 17.2. The number of benzene rings is 3. The molecule has 0 amide bonds. The van der Waals surface area contributed by atoms with E-state index in [9.17, 15) is 15.3 Å². The fourth-order valence-corrected chi connectivity index (χ4v) is 4.86. The van der Waals surface area contributed by atoms with Crippen LogP contribution in [0.4, 0.5) is 0 Å². The van der Waals surface area contributed by atoms with Crippen LogP contribution < -0.4 is 0 Å². The van der Waals surface area contributed by atoms with Crippen LogP contribution in [0.5, 0.6) is 17.2 Å². The average Bonchev–Trinajstić information content (AvgIpc) is 3.15. The van der Waals surface area contributed by atoms with Gasteiger partial charge in [0.05, 0.1) is 0 Å². The van der Waals surface area contributed by atoms with E-state index >= 15 is 0 Å². The summed E-state index contributed by atoms with van der Waals surface area (Å²) in [6.45, 7) is 5.81. The summed E-state index contributed by atoms with van der Waals surface area (Å²) in [4.78, 5) is 0. The third-order valence-electron chi connectivity index (χ3n) is 6.71. The Morgan fingerprint density at radius 3 is 1.66 bits per heavy atom. The lowest BCUT2D eigenvalue weighted by Crippen LogP contribution is -2.24. The first-order chi connectivity index (χ1) is 13.8. The lowest BCUT2D eigenvalue weighted by molar-refractivity contribution is 0.466. The van der Waals surface area contributed by atoms with Gasteiger partial charge in [0.2, 0.25) is 0 Å². The normalized spacial score (nSPS) is 18.1. The largest absolute Gasteiger partial charge is 0.508 e. The first-order valence-corrected chi connectivity index (χ1v) is 10.2. The molecule has 1 saturated carbocycles. The van der Waals surface area contributed by atoms with Gasteiger partial charge in [-0.25, -0.2) is 0 Å². The van der Waals surface area contributed by atoms with Crippen LogP contribution >= 0.6 is 0 Å². The van der Waals surface area contributed by atoms with Crippen molar-refractivity contribution in [2.45, 2.75) is 51.4 Å². The van der Waals surface area contributed by atoms with E-state index in [0.717, 1.165) is 36.0 Å². The van der Waals surface area contributed by atoms with Gasteiger partial charge in [-0.3, -0.25) is 0 Å². The van der Waals surface area contributed by atoms with E-state index in [0.29, 0.717) is 23.2 Å². The highest BCUT2D eigenvalue weighted by Crippen LogP contribution is 2.53. The maximum Gasteiger partial charge on any atom is 0.118 e. The minimum Gasteiger partial charge on any atom is -0.508 e. The minimum absolute atomic E-state index is 0.173. The first kappa shape index (κ1) is 19.4. The first-order valence-electron chi connectivity index (χ1n) is 10.2. The van der Waals surface area contributed by atoms with E-state index in [1.165, 1.54) is 16.7 Å². The van der Waals surface area contributed by atoms with Crippen LogP contribution in [0.1, 0.15) is 58.6 Å². The molecule has 3 aromatic carbocycles. The Kier molecular flexibility index (Phi) is 4.77. The Balaban J connectivity index is 1.82. The molecule has 0 aromatic heterocycles. The van der Waals surface area contributed by atoms with Gasteiger partial charge < -0.3 is 15.3 Å². The fraction of sp³-hybridized carbons (Fsp3) is 0.308. The highest BCUT2D eigenvalue weighted by molar-refractivity contribution is 5.49. The maximum atomic E-state index is 10.1. The van der Waals surface area contributed by atoms with Crippen molar-refractivity contribution >= 4 is 0 Å². The van der Waals surface area contributed by atoms with Crippen LogP contribution in [0, 0.1) is 20.8 Å². The van der Waals surface area contributed by atoms with Gasteiger partial charge in [-0.15, -0.1) is 0 Å². The number of hydrogen-bond acceptors (Lipinski definition) is 3. The molecule has 4 rings (SSSR count). The molecule has 0 aliphatic heterocycles. The highest BCUT2D eigenvalue weighted by Gasteiger charge is 2.42. The smallest absolute Gasteiger partial charge is 0.118 e. The van der Waals surface area contributed by atoms with Crippen molar-refractivity contribution in [1.82, 2.24) is 0 Å². The van der Waals surface area contributed by atoms with E-state index in [-0.39, 0.29) is 5.41 Å². The Hall–Kier alpha value is -2.94. The van der Waals surface area contributed by atoms with Gasteiger partial charge >= 0.3 is 0 Å². The average molecular weight is 389 g/mol. The van der Waals surface area contributed by atoms with Gasteiger partial charge in [0.1, 0.15) is 17.2 Å². The summed E-state index contributed by atoms with van der Waals surface area (Å²) in [6.07, 6.45) is 2.99. The van der Waals surface area contributed by atoms with Crippen molar-refractivity contribution in [1.29, 1.82) is 0 Å². The minimum atomic E-state index is -0.173. The SMILES string of the molecule is Cc1cc(C2CCC(c3ccc(O)c(C)c3)(c3ccc(O)c(C)c3)C2)ccc1O. The lowest BCUT2D eigenvalue weighted by Gasteiger charge is -2.32. The molecule has 0 heterocycles. The molecule has 0 spiro atoms. The molecule has 3 N–H and O–H groups in total. The molecule has 1 aliphatic rings. The number of phenolic OH excluding ortho intramolecular Hbond substituents is 3. The Morgan fingerprint density at radius 2 is 1.17 bits per heavy atom.